The third-order valence-electron chi connectivity index (χ3n) is 3.28. The zero-order valence-corrected chi connectivity index (χ0v) is 13.4. The van der Waals surface area contributed by atoms with Gasteiger partial charge in [-0.1, -0.05) is 29.8 Å². The van der Waals surface area contributed by atoms with Crippen LogP contribution in [0.1, 0.15) is 5.56 Å². The summed E-state index contributed by atoms with van der Waals surface area (Å²) in [4.78, 5) is 12.3. The van der Waals surface area contributed by atoms with Crippen molar-refractivity contribution in [1.82, 2.24) is 0 Å². The molecule has 102 valence electrons. The molecule has 0 aliphatic carbocycles. The van der Waals surface area contributed by atoms with Gasteiger partial charge >= 0.3 is 0 Å². The second-order valence-corrected chi connectivity index (χ2v) is 6.27. The van der Waals surface area contributed by atoms with Crippen molar-refractivity contribution in [3.8, 4) is 0 Å². The molecular formula is C15H12ClIN2O. The van der Waals surface area contributed by atoms with Crippen molar-refractivity contribution in [2.45, 2.75) is 12.5 Å². The van der Waals surface area contributed by atoms with Crippen LogP contribution in [0.2, 0.25) is 5.02 Å². The smallest absolute Gasteiger partial charge is 0.247 e. The first-order valence-electron chi connectivity index (χ1n) is 6.24. The lowest BCUT2D eigenvalue weighted by atomic mass is 10.1. The molecule has 0 radical (unpaired) electrons. The lowest BCUT2D eigenvalue weighted by Gasteiger charge is -2.13. The minimum absolute atomic E-state index is 0.0264. The lowest BCUT2D eigenvalue weighted by Crippen LogP contribution is -2.33. The minimum atomic E-state index is -0.223. The normalized spacial score (nSPS) is 16.4. The first-order chi connectivity index (χ1) is 9.63. The van der Waals surface area contributed by atoms with Gasteiger partial charge in [-0.3, -0.25) is 4.79 Å². The van der Waals surface area contributed by atoms with Gasteiger partial charge in [0.05, 0.1) is 5.69 Å². The van der Waals surface area contributed by atoms with Crippen LogP contribution in [-0.4, -0.2) is 11.9 Å². The fourth-order valence-electron chi connectivity index (χ4n) is 2.27. The topological polar surface area (TPSA) is 41.1 Å². The third kappa shape index (κ3) is 2.76. The van der Waals surface area contributed by atoms with Crippen LogP contribution in [0.15, 0.2) is 42.5 Å². The number of fused-ring (bicyclic) bond motifs is 1. The molecule has 1 aliphatic heterocycles. The monoisotopic (exact) mass is 398 g/mol. The summed E-state index contributed by atoms with van der Waals surface area (Å²) in [5.41, 5.74) is 3.01. The molecule has 1 heterocycles. The van der Waals surface area contributed by atoms with E-state index in [-0.39, 0.29) is 11.9 Å². The molecule has 1 atom stereocenters. The summed E-state index contributed by atoms with van der Waals surface area (Å²) in [6.07, 6.45) is 0.714. The van der Waals surface area contributed by atoms with Gasteiger partial charge in [-0.05, 0) is 52.4 Å². The highest BCUT2D eigenvalue weighted by molar-refractivity contribution is 14.1. The first-order valence-corrected chi connectivity index (χ1v) is 7.69. The molecule has 5 heteroatoms. The van der Waals surface area contributed by atoms with Crippen LogP contribution >= 0.6 is 34.2 Å². The van der Waals surface area contributed by atoms with E-state index in [1.807, 2.05) is 36.4 Å². The summed E-state index contributed by atoms with van der Waals surface area (Å²) in [5, 5.41) is 6.86. The van der Waals surface area contributed by atoms with E-state index >= 15 is 0 Å². The van der Waals surface area contributed by atoms with Crippen LogP contribution in [-0.2, 0) is 11.2 Å². The summed E-state index contributed by atoms with van der Waals surface area (Å²) in [7, 11) is 0. The Labute approximate surface area is 135 Å². The second-order valence-electron chi connectivity index (χ2n) is 4.67. The SMILES string of the molecule is O=C(Nc1ccc(Cl)cc1I)C1Cc2ccccc2N1. The summed E-state index contributed by atoms with van der Waals surface area (Å²) in [5.74, 6) is -0.0264. The molecule has 0 spiro atoms. The molecule has 2 N–H and O–H groups in total. The Balaban J connectivity index is 1.72. The molecule has 2 aromatic rings. The molecule has 0 saturated carbocycles. The van der Waals surface area contributed by atoms with E-state index in [0.29, 0.717) is 11.4 Å². The Hall–Kier alpha value is -1.27. The number of nitrogens with one attached hydrogen (secondary N) is 2. The zero-order chi connectivity index (χ0) is 14.1. The first kappa shape index (κ1) is 13.7. The number of para-hydroxylation sites is 1. The fraction of sp³-hybridized carbons (Fsp3) is 0.133. The van der Waals surface area contributed by atoms with Gasteiger partial charge in [0.15, 0.2) is 0 Å². The summed E-state index contributed by atoms with van der Waals surface area (Å²) in [6.45, 7) is 0. The van der Waals surface area contributed by atoms with Gasteiger partial charge in [-0.25, -0.2) is 0 Å². The van der Waals surface area contributed by atoms with Gasteiger partial charge in [-0.2, -0.15) is 0 Å². The maximum Gasteiger partial charge on any atom is 0.247 e. The van der Waals surface area contributed by atoms with E-state index in [1.54, 1.807) is 6.07 Å². The quantitative estimate of drug-likeness (QED) is 0.753. The van der Waals surface area contributed by atoms with Gasteiger partial charge in [-0.15, -0.1) is 0 Å². The fourth-order valence-corrected chi connectivity index (χ4v) is 3.27. The molecule has 3 rings (SSSR count). The van der Waals surface area contributed by atoms with Crippen molar-refractivity contribution in [2.24, 2.45) is 0 Å². The lowest BCUT2D eigenvalue weighted by molar-refractivity contribution is -0.116. The van der Waals surface area contributed by atoms with Crippen molar-refractivity contribution in [2.75, 3.05) is 10.6 Å². The average molecular weight is 399 g/mol. The molecule has 1 amide bonds. The standard InChI is InChI=1S/C15H12ClIN2O/c16-10-5-6-13(11(17)8-10)19-15(20)14-7-9-3-1-2-4-12(9)18-14/h1-6,8,14,18H,7H2,(H,19,20). The Kier molecular flexibility index (Phi) is 3.85. The summed E-state index contributed by atoms with van der Waals surface area (Å²) < 4.78 is 0.930. The predicted octanol–water partition coefficient (Wildman–Crippen LogP) is 3.92. The van der Waals surface area contributed by atoms with Crippen LogP contribution in [0.5, 0.6) is 0 Å². The number of carbonyl (C=O) groups excluding carboxylic acids is 1. The highest BCUT2D eigenvalue weighted by atomic mass is 127. The predicted molar refractivity (Wildman–Crippen MR) is 90.4 cm³/mol. The molecule has 3 nitrogen and oxygen atoms in total. The third-order valence-corrected chi connectivity index (χ3v) is 4.40. The van der Waals surface area contributed by atoms with E-state index in [0.717, 1.165) is 14.9 Å². The Morgan fingerprint density at radius 1 is 1.30 bits per heavy atom. The number of halogens is 2. The Bertz CT molecular complexity index is 650. The molecule has 0 aromatic heterocycles. The molecule has 1 unspecified atom stereocenters. The largest absolute Gasteiger partial charge is 0.373 e. The minimum Gasteiger partial charge on any atom is -0.373 e. The van der Waals surface area contributed by atoms with Gasteiger partial charge in [0.1, 0.15) is 6.04 Å². The Morgan fingerprint density at radius 3 is 2.85 bits per heavy atom. The van der Waals surface area contributed by atoms with Gasteiger partial charge in [0, 0.05) is 20.7 Å². The van der Waals surface area contributed by atoms with Gasteiger partial charge in [0.2, 0.25) is 5.91 Å². The molecule has 0 fully saturated rings. The summed E-state index contributed by atoms with van der Waals surface area (Å²) in [6, 6.07) is 13.2. The number of rotatable bonds is 2. The number of hydrogen-bond acceptors (Lipinski definition) is 2. The van der Waals surface area contributed by atoms with E-state index in [2.05, 4.69) is 33.2 Å². The van der Waals surface area contributed by atoms with Crippen LogP contribution in [0.3, 0.4) is 0 Å². The van der Waals surface area contributed by atoms with Crippen molar-refractivity contribution in [1.29, 1.82) is 0 Å². The average Bonchev–Trinajstić information content (AvgIpc) is 2.86. The molecule has 0 bridgehead atoms. The maximum absolute atomic E-state index is 12.3. The molecular weight excluding hydrogens is 387 g/mol. The zero-order valence-electron chi connectivity index (χ0n) is 10.5. The molecule has 1 aliphatic rings. The van der Waals surface area contributed by atoms with Gasteiger partial charge in [0.25, 0.3) is 0 Å². The van der Waals surface area contributed by atoms with Crippen LogP contribution in [0.4, 0.5) is 11.4 Å². The number of hydrogen-bond donors (Lipinski definition) is 2. The highest BCUT2D eigenvalue weighted by Crippen LogP contribution is 2.27. The van der Waals surface area contributed by atoms with Crippen molar-refractivity contribution >= 4 is 51.5 Å². The van der Waals surface area contributed by atoms with E-state index in [4.69, 9.17) is 11.6 Å². The van der Waals surface area contributed by atoms with E-state index < -0.39 is 0 Å². The van der Waals surface area contributed by atoms with Crippen molar-refractivity contribution in [3.05, 3.63) is 56.6 Å². The number of benzene rings is 2. The second kappa shape index (κ2) is 5.61. The molecule has 20 heavy (non-hydrogen) atoms. The Morgan fingerprint density at radius 2 is 2.10 bits per heavy atom. The number of carbonyl (C=O) groups is 1. The molecule has 0 saturated heterocycles. The van der Waals surface area contributed by atoms with Crippen LogP contribution < -0.4 is 10.6 Å². The number of amides is 1. The summed E-state index contributed by atoms with van der Waals surface area (Å²) >= 11 is 8.07. The number of anilines is 2. The maximum atomic E-state index is 12.3. The van der Waals surface area contributed by atoms with Crippen LogP contribution in [0.25, 0.3) is 0 Å². The van der Waals surface area contributed by atoms with Gasteiger partial charge < -0.3 is 10.6 Å². The molecule has 2 aromatic carbocycles. The van der Waals surface area contributed by atoms with Crippen molar-refractivity contribution in [3.63, 3.8) is 0 Å². The van der Waals surface area contributed by atoms with Crippen LogP contribution in [0, 0.1) is 3.57 Å². The highest BCUT2D eigenvalue weighted by Gasteiger charge is 2.26. The van der Waals surface area contributed by atoms with E-state index in [9.17, 15) is 4.79 Å². The van der Waals surface area contributed by atoms with E-state index in [1.165, 1.54) is 5.56 Å². The van der Waals surface area contributed by atoms with Crippen molar-refractivity contribution < 1.29 is 4.79 Å².